The van der Waals surface area contributed by atoms with Crippen LogP contribution < -0.4 is 5.32 Å². The van der Waals surface area contributed by atoms with Gasteiger partial charge in [-0.2, -0.15) is 0 Å². The van der Waals surface area contributed by atoms with Gasteiger partial charge < -0.3 is 15.2 Å². The number of hydrogen-bond donors (Lipinski definition) is 2. The SMILES string of the molecule is CC(C)(C)OC(=O)[C@H](CC(C(=O)O)[N+](=O)[O-])NC(=O)Cc1ccccc1. The minimum atomic E-state index is -2.04. The molecule has 9 heteroatoms. The lowest BCUT2D eigenvalue weighted by Gasteiger charge is -2.24. The number of aliphatic carboxylic acids is 1. The lowest BCUT2D eigenvalue weighted by Crippen LogP contribution is -2.48. The van der Waals surface area contributed by atoms with Crippen molar-refractivity contribution in [3.8, 4) is 0 Å². The van der Waals surface area contributed by atoms with Crippen LogP contribution >= 0.6 is 0 Å². The highest BCUT2D eigenvalue weighted by Gasteiger charge is 2.38. The molecule has 2 atom stereocenters. The number of carboxylic acid groups (broad SMARTS) is 1. The zero-order chi connectivity index (χ0) is 19.9. The van der Waals surface area contributed by atoms with Crippen LogP contribution in [-0.2, 0) is 25.5 Å². The van der Waals surface area contributed by atoms with E-state index in [1.807, 2.05) is 0 Å². The standard InChI is InChI=1S/C17H22N2O7/c1-17(2,3)26-16(23)12(10-13(15(21)22)19(24)25)18-14(20)9-11-7-5-4-6-8-11/h4-8,12-13H,9-10H2,1-3H3,(H,18,20)(H,21,22)/t12-,13?/m0/s1. The summed E-state index contributed by atoms with van der Waals surface area (Å²) in [6.45, 7) is 4.78. The molecule has 2 N–H and O–H groups in total. The third kappa shape index (κ3) is 7.29. The average Bonchev–Trinajstić information content (AvgIpc) is 2.49. The Hall–Kier alpha value is -2.97. The Morgan fingerprint density at radius 3 is 2.27 bits per heavy atom. The highest BCUT2D eigenvalue weighted by atomic mass is 16.6. The minimum absolute atomic E-state index is 0.0592. The number of nitrogens with one attached hydrogen (secondary N) is 1. The summed E-state index contributed by atoms with van der Waals surface area (Å²) in [5, 5.41) is 22.2. The summed E-state index contributed by atoms with van der Waals surface area (Å²) in [5.41, 5.74) is -0.218. The van der Waals surface area contributed by atoms with Crippen molar-refractivity contribution in [2.45, 2.75) is 51.3 Å². The quantitative estimate of drug-likeness (QED) is 0.400. The van der Waals surface area contributed by atoms with E-state index in [9.17, 15) is 24.5 Å². The zero-order valence-corrected chi connectivity index (χ0v) is 14.8. The van der Waals surface area contributed by atoms with Gasteiger partial charge >= 0.3 is 18.0 Å². The summed E-state index contributed by atoms with van der Waals surface area (Å²) in [4.78, 5) is 45.4. The Kier molecular flexibility index (Phi) is 7.24. The molecule has 0 saturated heterocycles. The third-order valence-corrected chi connectivity index (χ3v) is 3.23. The maximum Gasteiger partial charge on any atom is 0.379 e. The van der Waals surface area contributed by atoms with E-state index >= 15 is 0 Å². The molecule has 0 aliphatic heterocycles. The second kappa shape index (κ2) is 8.93. The normalized spacial score (nSPS) is 13.3. The van der Waals surface area contributed by atoms with Gasteiger partial charge in [0, 0.05) is 4.92 Å². The van der Waals surface area contributed by atoms with E-state index in [1.54, 1.807) is 51.1 Å². The van der Waals surface area contributed by atoms with Crippen LogP contribution in [0.2, 0.25) is 0 Å². The van der Waals surface area contributed by atoms with Crippen molar-refractivity contribution in [2.24, 2.45) is 0 Å². The predicted molar refractivity (Wildman–Crippen MR) is 91.0 cm³/mol. The first-order chi connectivity index (χ1) is 12.0. The molecule has 0 spiro atoms. The van der Waals surface area contributed by atoms with Gasteiger partial charge in [-0.05, 0) is 26.3 Å². The molecule has 1 unspecified atom stereocenters. The molecule has 142 valence electrons. The van der Waals surface area contributed by atoms with Crippen LogP contribution in [0.25, 0.3) is 0 Å². The van der Waals surface area contributed by atoms with Crippen LogP contribution in [0.4, 0.5) is 0 Å². The van der Waals surface area contributed by atoms with Gasteiger partial charge in [-0.15, -0.1) is 0 Å². The summed E-state index contributed by atoms with van der Waals surface area (Å²) >= 11 is 0. The highest BCUT2D eigenvalue weighted by molar-refractivity contribution is 5.86. The Morgan fingerprint density at radius 2 is 1.81 bits per heavy atom. The van der Waals surface area contributed by atoms with Crippen LogP contribution in [0, 0.1) is 10.1 Å². The van der Waals surface area contributed by atoms with Gasteiger partial charge in [-0.25, -0.2) is 9.59 Å². The van der Waals surface area contributed by atoms with Crippen LogP contribution in [0.3, 0.4) is 0 Å². The van der Waals surface area contributed by atoms with E-state index in [-0.39, 0.29) is 6.42 Å². The second-order valence-corrected chi connectivity index (χ2v) is 6.69. The molecule has 0 fully saturated rings. The monoisotopic (exact) mass is 366 g/mol. The number of carbonyl (C=O) groups excluding carboxylic acids is 2. The molecule has 0 aliphatic carbocycles. The molecule has 0 aliphatic rings. The largest absolute Gasteiger partial charge is 0.476 e. The van der Waals surface area contributed by atoms with Gasteiger partial charge in [-0.3, -0.25) is 14.9 Å². The Labute approximate surface area is 150 Å². The summed E-state index contributed by atoms with van der Waals surface area (Å²) in [6, 6.07) is 5.18. The second-order valence-electron chi connectivity index (χ2n) is 6.69. The first-order valence-corrected chi connectivity index (χ1v) is 7.92. The molecule has 1 rings (SSSR count). The molecule has 0 bridgehead atoms. The first kappa shape index (κ1) is 21.1. The fourth-order valence-electron chi connectivity index (χ4n) is 2.11. The number of carbonyl (C=O) groups is 3. The number of ether oxygens (including phenoxy) is 1. The first-order valence-electron chi connectivity index (χ1n) is 7.92. The number of carboxylic acids is 1. The van der Waals surface area contributed by atoms with E-state index in [0.29, 0.717) is 5.56 Å². The lowest BCUT2D eigenvalue weighted by molar-refractivity contribution is -0.511. The number of amides is 1. The van der Waals surface area contributed by atoms with E-state index in [4.69, 9.17) is 9.84 Å². The number of esters is 1. The molecule has 26 heavy (non-hydrogen) atoms. The molecule has 1 amide bonds. The van der Waals surface area contributed by atoms with Crippen molar-refractivity contribution in [3.05, 3.63) is 46.0 Å². The van der Waals surface area contributed by atoms with Gasteiger partial charge in [0.25, 0.3) is 0 Å². The molecule has 1 aromatic carbocycles. The van der Waals surface area contributed by atoms with Gasteiger partial charge in [-0.1, -0.05) is 30.3 Å². The molecule has 9 nitrogen and oxygen atoms in total. The Morgan fingerprint density at radius 1 is 1.23 bits per heavy atom. The topological polar surface area (TPSA) is 136 Å². The summed E-state index contributed by atoms with van der Waals surface area (Å²) < 4.78 is 5.14. The lowest BCUT2D eigenvalue weighted by atomic mass is 10.1. The maximum absolute atomic E-state index is 12.3. The van der Waals surface area contributed by atoms with Crippen LogP contribution in [0.1, 0.15) is 32.8 Å². The van der Waals surface area contributed by atoms with Crippen molar-refractivity contribution in [1.82, 2.24) is 5.32 Å². The van der Waals surface area contributed by atoms with Crippen LogP contribution in [-0.4, -0.2) is 45.6 Å². The number of rotatable bonds is 8. The molecular formula is C17H22N2O7. The minimum Gasteiger partial charge on any atom is -0.476 e. The van der Waals surface area contributed by atoms with Gasteiger partial charge in [0.2, 0.25) is 5.91 Å². The highest BCUT2D eigenvalue weighted by Crippen LogP contribution is 2.12. The van der Waals surface area contributed by atoms with Crippen LogP contribution in [0.15, 0.2) is 30.3 Å². The van der Waals surface area contributed by atoms with Gasteiger partial charge in [0.15, 0.2) is 0 Å². The number of nitrogens with zero attached hydrogens (tertiary/aromatic N) is 1. The van der Waals surface area contributed by atoms with Crippen molar-refractivity contribution >= 4 is 17.8 Å². The van der Waals surface area contributed by atoms with Gasteiger partial charge in [0.05, 0.1) is 12.8 Å². The fraction of sp³-hybridized carbons (Fsp3) is 0.471. The van der Waals surface area contributed by atoms with E-state index in [1.165, 1.54) is 0 Å². The molecule has 0 heterocycles. The predicted octanol–water partition coefficient (Wildman–Crippen LogP) is 1.18. The van der Waals surface area contributed by atoms with E-state index in [0.717, 1.165) is 0 Å². The van der Waals surface area contributed by atoms with Crippen molar-refractivity contribution in [1.29, 1.82) is 0 Å². The smallest absolute Gasteiger partial charge is 0.379 e. The van der Waals surface area contributed by atoms with E-state index < -0.39 is 46.9 Å². The molecule has 1 aromatic rings. The molecular weight excluding hydrogens is 344 g/mol. The number of nitro groups is 1. The Balaban J connectivity index is 2.92. The summed E-state index contributed by atoms with van der Waals surface area (Å²) in [6.07, 6.45) is -0.770. The number of hydrogen-bond acceptors (Lipinski definition) is 6. The van der Waals surface area contributed by atoms with Crippen molar-refractivity contribution < 1.29 is 29.2 Å². The number of benzene rings is 1. The Bertz CT molecular complexity index is 653. The third-order valence-electron chi connectivity index (χ3n) is 3.23. The van der Waals surface area contributed by atoms with Crippen molar-refractivity contribution in [3.63, 3.8) is 0 Å². The zero-order valence-electron chi connectivity index (χ0n) is 14.8. The summed E-state index contributed by atoms with van der Waals surface area (Å²) in [5.74, 6) is -3.19. The van der Waals surface area contributed by atoms with E-state index in [2.05, 4.69) is 5.32 Å². The average molecular weight is 366 g/mol. The molecule has 0 radical (unpaired) electrons. The maximum atomic E-state index is 12.3. The van der Waals surface area contributed by atoms with Gasteiger partial charge in [0.1, 0.15) is 11.6 Å². The van der Waals surface area contributed by atoms with Crippen molar-refractivity contribution in [2.75, 3.05) is 0 Å². The van der Waals surface area contributed by atoms with Crippen LogP contribution in [0.5, 0.6) is 0 Å². The molecule has 0 aromatic heterocycles. The fourth-order valence-corrected chi connectivity index (χ4v) is 2.11. The summed E-state index contributed by atoms with van der Waals surface area (Å²) in [7, 11) is 0. The molecule has 0 saturated carbocycles.